The fraction of sp³-hybridized carbons (Fsp3) is 0. The second-order valence-corrected chi connectivity index (χ2v) is 6.23. The van der Waals surface area contributed by atoms with E-state index < -0.39 is 0 Å². The molecule has 2 aromatic heterocycles. The van der Waals surface area contributed by atoms with Crippen LogP contribution in [-0.4, -0.2) is 8.96 Å². The number of benzene rings is 1. The third-order valence-corrected chi connectivity index (χ3v) is 4.99. The highest BCUT2D eigenvalue weighted by Gasteiger charge is 2.11. The number of hydrogen-bond acceptors (Lipinski definition) is 2. The van der Waals surface area contributed by atoms with Crippen molar-refractivity contribution in [3.05, 3.63) is 57.4 Å². The molecule has 0 aliphatic carbocycles. The van der Waals surface area contributed by atoms with Crippen molar-refractivity contribution in [1.29, 1.82) is 0 Å². The van der Waals surface area contributed by atoms with Crippen LogP contribution in [0, 0.1) is 3.70 Å². The predicted octanol–water partition coefficient (Wildman–Crippen LogP) is 4.85. The highest BCUT2D eigenvalue weighted by atomic mass is 127. The first kappa shape index (κ1) is 12.3. The van der Waals surface area contributed by atoms with E-state index in [1.807, 2.05) is 24.3 Å². The molecule has 18 heavy (non-hydrogen) atoms. The summed E-state index contributed by atoms with van der Waals surface area (Å²) in [5, 5.41) is 1.73. The molecule has 0 fully saturated rings. The molecule has 0 bridgehead atoms. The topological polar surface area (TPSA) is 17.8 Å². The highest BCUT2D eigenvalue weighted by molar-refractivity contribution is 14.1. The first-order valence-corrected chi connectivity index (χ1v) is 7.53. The summed E-state index contributed by atoms with van der Waals surface area (Å²) >= 11 is 10.1. The Morgan fingerprint density at radius 2 is 1.94 bits per heavy atom. The molecule has 0 aliphatic heterocycles. The molecule has 0 amide bonds. The van der Waals surface area contributed by atoms with Gasteiger partial charge in [-0.05, 0) is 58.8 Å². The molecule has 0 spiro atoms. The van der Waals surface area contributed by atoms with Crippen LogP contribution in [0.3, 0.4) is 0 Å². The first-order chi connectivity index (χ1) is 8.75. The Morgan fingerprint density at radius 3 is 2.72 bits per heavy atom. The molecule has 2 heterocycles. The van der Waals surface area contributed by atoms with Gasteiger partial charge in [-0.25, -0.2) is 4.98 Å². The number of halogens is 2. The standard InChI is InChI=1S/C13H8ClIN2S/c14-11-6-7-16-13-10(11)8-12(15)17(13)18-9-4-2-1-3-5-9/h1-8H. The molecule has 3 aromatic rings. The predicted molar refractivity (Wildman–Crippen MR) is 85.2 cm³/mol. The average Bonchev–Trinajstić information content (AvgIpc) is 2.70. The molecule has 0 atom stereocenters. The van der Waals surface area contributed by atoms with E-state index in [1.54, 1.807) is 18.1 Å². The van der Waals surface area contributed by atoms with Gasteiger partial charge >= 0.3 is 0 Å². The molecule has 0 saturated heterocycles. The van der Waals surface area contributed by atoms with Crippen LogP contribution in [0.2, 0.25) is 5.02 Å². The van der Waals surface area contributed by atoms with Crippen molar-refractivity contribution in [3.8, 4) is 0 Å². The summed E-state index contributed by atoms with van der Waals surface area (Å²) in [6.45, 7) is 0. The highest BCUT2D eigenvalue weighted by Crippen LogP contribution is 2.32. The Hall–Kier alpha value is -0.720. The minimum absolute atomic E-state index is 0.741. The number of pyridine rings is 1. The lowest BCUT2D eigenvalue weighted by molar-refractivity contribution is 1.21. The van der Waals surface area contributed by atoms with Gasteiger partial charge in [0.25, 0.3) is 0 Å². The van der Waals surface area contributed by atoms with Gasteiger partial charge in [-0.1, -0.05) is 29.8 Å². The van der Waals surface area contributed by atoms with E-state index in [0.717, 1.165) is 19.8 Å². The zero-order valence-corrected chi connectivity index (χ0v) is 12.9. The fourth-order valence-electron chi connectivity index (χ4n) is 1.69. The fourth-order valence-corrected chi connectivity index (χ4v) is 3.58. The average molecular weight is 387 g/mol. The lowest BCUT2D eigenvalue weighted by atomic mass is 10.3. The van der Waals surface area contributed by atoms with Crippen molar-refractivity contribution in [2.24, 2.45) is 0 Å². The van der Waals surface area contributed by atoms with Gasteiger partial charge in [0, 0.05) is 16.5 Å². The minimum Gasteiger partial charge on any atom is -0.257 e. The third kappa shape index (κ3) is 2.24. The Kier molecular flexibility index (Phi) is 3.50. The van der Waals surface area contributed by atoms with Gasteiger partial charge in [0.2, 0.25) is 0 Å². The molecule has 0 N–H and O–H groups in total. The van der Waals surface area contributed by atoms with Gasteiger partial charge < -0.3 is 0 Å². The maximum atomic E-state index is 6.18. The van der Waals surface area contributed by atoms with Crippen LogP contribution in [0.5, 0.6) is 0 Å². The number of nitrogens with zero attached hydrogens (tertiary/aromatic N) is 2. The summed E-state index contributed by atoms with van der Waals surface area (Å²) in [7, 11) is 0. The number of fused-ring (bicyclic) bond motifs is 1. The molecule has 3 rings (SSSR count). The van der Waals surface area contributed by atoms with Gasteiger partial charge in [-0.3, -0.25) is 3.97 Å². The summed E-state index contributed by atoms with van der Waals surface area (Å²) in [5.41, 5.74) is 0.903. The van der Waals surface area contributed by atoms with Gasteiger partial charge in [0.1, 0.15) is 0 Å². The Bertz CT molecular complexity index is 697. The van der Waals surface area contributed by atoms with E-state index in [1.165, 1.54) is 4.90 Å². The normalized spacial score (nSPS) is 11.0. The lowest BCUT2D eigenvalue weighted by Crippen LogP contribution is -1.90. The minimum atomic E-state index is 0.741. The van der Waals surface area contributed by atoms with Crippen LogP contribution in [0.1, 0.15) is 0 Å². The van der Waals surface area contributed by atoms with Crippen LogP contribution in [0.25, 0.3) is 11.0 Å². The lowest BCUT2D eigenvalue weighted by Gasteiger charge is -2.05. The van der Waals surface area contributed by atoms with E-state index in [0.29, 0.717) is 0 Å². The van der Waals surface area contributed by atoms with Gasteiger partial charge in [0.15, 0.2) is 5.65 Å². The van der Waals surface area contributed by atoms with Crippen molar-refractivity contribution in [1.82, 2.24) is 8.96 Å². The van der Waals surface area contributed by atoms with Gasteiger partial charge in [-0.15, -0.1) is 0 Å². The molecule has 0 aliphatic rings. The third-order valence-electron chi connectivity index (χ3n) is 2.51. The second-order valence-electron chi connectivity index (χ2n) is 3.70. The van der Waals surface area contributed by atoms with Gasteiger partial charge in [0.05, 0.1) is 8.72 Å². The van der Waals surface area contributed by atoms with Crippen LogP contribution in [0.15, 0.2) is 53.6 Å². The van der Waals surface area contributed by atoms with E-state index >= 15 is 0 Å². The molecule has 1 aromatic carbocycles. The monoisotopic (exact) mass is 386 g/mol. The van der Waals surface area contributed by atoms with Crippen molar-refractivity contribution in [2.75, 3.05) is 0 Å². The SMILES string of the molecule is Clc1ccnc2c1cc(I)n2Sc1ccccc1. The number of aromatic nitrogens is 2. The van der Waals surface area contributed by atoms with Crippen molar-refractivity contribution in [2.45, 2.75) is 4.90 Å². The number of hydrogen-bond donors (Lipinski definition) is 0. The van der Waals surface area contributed by atoms with Crippen LogP contribution < -0.4 is 0 Å². The maximum Gasteiger partial charge on any atom is 0.152 e. The zero-order valence-electron chi connectivity index (χ0n) is 9.18. The summed E-state index contributed by atoms with van der Waals surface area (Å²) in [6.07, 6.45) is 1.74. The maximum absolute atomic E-state index is 6.18. The second kappa shape index (κ2) is 5.11. The van der Waals surface area contributed by atoms with Crippen molar-refractivity contribution < 1.29 is 0 Å². The van der Waals surface area contributed by atoms with E-state index in [2.05, 4.69) is 49.7 Å². The van der Waals surface area contributed by atoms with Crippen LogP contribution in [0.4, 0.5) is 0 Å². The van der Waals surface area contributed by atoms with E-state index in [4.69, 9.17) is 11.6 Å². The van der Waals surface area contributed by atoms with Gasteiger partial charge in [-0.2, -0.15) is 0 Å². The molecule has 2 nitrogen and oxygen atoms in total. The van der Waals surface area contributed by atoms with Crippen molar-refractivity contribution >= 4 is 57.2 Å². The van der Waals surface area contributed by atoms with Crippen LogP contribution in [-0.2, 0) is 0 Å². The molecule has 0 saturated carbocycles. The Morgan fingerprint density at radius 1 is 1.17 bits per heavy atom. The zero-order chi connectivity index (χ0) is 12.5. The summed E-state index contributed by atoms with van der Waals surface area (Å²) in [6, 6.07) is 14.1. The molecular formula is C13H8ClIN2S. The summed E-state index contributed by atoms with van der Waals surface area (Å²) in [5.74, 6) is 0. The summed E-state index contributed by atoms with van der Waals surface area (Å²) in [4.78, 5) is 5.59. The quantitative estimate of drug-likeness (QED) is 0.586. The molecule has 0 unspecified atom stereocenters. The first-order valence-electron chi connectivity index (χ1n) is 5.30. The summed E-state index contributed by atoms with van der Waals surface area (Å²) < 4.78 is 3.20. The Labute approximate surface area is 128 Å². The van der Waals surface area contributed by atoms with Crippen molar-refractivity contribution in [3.63, 3.8) is 0 Å². The smallest absolute Gasteiger partial charge is 0.152 e. The largest absolute Gasteiger partial charge is 0.257 e. The Balaban J connectivity index is 2.12. The molecule has 90 valence electrons. The van der Waals surface area contributed by atoms with E-state index in [9.17, 15) is 0 Å². The number of rotatable bonds is 2. The molecule has 0 radical (unpaired) electrons. The van der Waals surface area contributed by atoms with E-state index in [-0.39, 0.29) is 0 Å². The van der Waals surface area contributed by atoms with Crippen LogP contribution >= 0.6 is 46.1 Å². The molecular weight excluding hydrogens is 379 g/mol. The molecule has 5 heteroatoms.